The second-order valence-corrected chi connectivity index (χ2v) is 4.42. The molecule has 0 saturated heterocycles. The number of rotatable bonds is 0. The summed E-state index contributed by atoms with van der Waals surface area (Å²) >= 11 is 3.49. The van der Waals surface area contributed by atoms with Gasteiger partial charge in [0.2, 0.25) is 5.03 Å². The van der Waals surface area contributed by atoms with E-state index in [1.54, 1.807) is 11.8 Å². The lowest BCUT2D eigenvalue weighted by Crippen LogP contribution is -2.03. The molecule has 0 spiro atoms. The minimum Gasteiger partial charge on any atom is -0.231 e. The van der Waals surface area contributed by atoms with Crippen molar-refractivity contribution in [1.82, 2.24) is 0 Å². The molecule has 0 bridgehead atoms. The summed E-state index contributed by atoms with van der Waals surface area (Å²) in [6.07, 6.45) is 4.24. The Labute approximate surface area is 68.4 Å². The Kier molecular flexibility index (Phi) is 1.51. The molecule has 0 N–H and O–H groups in total. The van der Waals surface area contributed by atoms with Crippen LogP contribution in [0.5, 0.6) is 0 Å². The van der Waals surface area contributed by atoms with Gasteiger partial charge in [-0.2, -0.15) is 0 Å². The molecule has 0 aromatic carbocycles. The van der Waals surface area contributed by atoms with Crippen LogP contribution in [0.3, 0.4) is 0 Å². The minimum atomic E-state index is 0.550. The molecule has 2 unspecified atom stereocenters. The van der Waals surface area contributed by atoms with Crippen molar-refractivity contribution in [2.45, 2.75) is 10.5 Å². The third-order valence-corrected chi connectivity index (χ3v) is 3.92. The molecule has 2 aliphatic heterocycles. The lowest BCUT2D eigenvalue weighted by molar-refractivity contribution is 1.14. The molecule has 1 nitrogen and oxygen atoms in total. The van der Waals surface area contributed by atoms with Crippen molar-refractivity contribution < 1.29 is 0 Å². The van der Waals surface area contributed by atoms with Crippen LogP contribution in [0.25, 0.3) is 4.85 Å². The van der Waals surface area contributed by atoms with Gasteiger partial charge in [-0.05, 0) is 5.41 Å². The van der Waals surface area contributed by atoms with Crippen LogP contribution in [-0.2, 0) is 0 Å². The highest BCUT2D eigenvalue weighted by atomic mass is 32.2. The fourth-order valence-corrected chi connectivity index (χ4v) is 3.39. The molecule has 0 radical (unpaired) electrons. The van der Waals surface area contributed by atoms with Gasteiger partial charge in [-0.3, -0.25) is 0 Å². The molecule has 2 rings (SSSR count). The van der Waals surface area contributed by atoms with E-state index in [-0.39, 0.29) is 0 Å². The summed E-state index contributed by atoms with van der Waals surface area (Å²) < 4.78 is 0. The monoisotopic (exact) mass is 167 g/mol. The maximum absolute atomic E-state index is 6.78. The average molecular weight is 167 g/mol. The van der Waals surface area contributed by atoms with Gasteiger partial charge in [-0.25, -0.2) is 4.85 Å². The van der Waals surface area contributed by atoms with Gasteiger partial charge in [0.1, 0.15) is 0 Å². The summed E-state index contributed by atoms with van der Waals surface area (Å²) in [4.78, 5) is 3.40. The quantitative estimate of drug-likeness (QED) is 0.510. The van der Waals surface area contributed by atoms with E-state index in [1.165, 1.54) is 0 Å². The van der Waals surface area contributed by atoms with E-state index < -0.39 is 0 Å². The van der Waals surface area contributed by atoms with Gasteiger partial charge >= 0.3 is 0 Å². The SMILES string of the molecule is [C-]#[N+]C1=CC2SC=CC2S1. The van der Waals surface area contributed by atoms with Crippen LogP contribution in [-0.4, -0.2) is 10.5 Å². The Morgan fingerprint density at radius 3 is 3.10 bits per heavy atom. The fraction of sp³-hybridized carbons (Fsp3) is 0.286. The molecule has 0 aromatic heterocycles. The van der Waals surface area contributed by atoms with Crippen LogP contribution in [0.15, 0.2) is 22.6 Å². The van der Waals surface area contributed by atoms with Crippen molar-refractivity contribution in [3.05, 3.63) is 34.0 Å². The molecular formula is C7H5NS2. The van der Waals surface area contributed by atoms with Crippen LogP contribution in [0.4, 0.5) is 0 Å². The van der Waals surface area contributed by atoms with Crippen LogP contribution < -0.4 is 0 Å². The van der Waals surface area contributed by atoms with Crippen molar-refractivity contribution in [3.63, 3.8) is 0 Å². The number of hydrogen-bond donors (Lipinski definition) is 0. The van der Waals surface area contributed by atoms with Crippen molar-refractivity contribution in [2.75, 3.05) is 0 Å². The van der Waals surface area contributed by atoms with Gasteiger partial charge in [0.25, 0.3) is 0 Å². The van der Waals surface area contributed by atoms with Crippen LogP contribution in [0.2, 0.25) is 0 Å². The maximum atomic E-state index is 6.78. The molecule has 0 aromatic rings. The zero-order valence-corrected chi connectivity index (χ0v) is 6.78. The summed E-state index contributed by atoms with van der Waals surface area (Å²) in [7, 11) is 0. The molecule has 0 amide bonds. The van der Waals surface area contributed by atoms with Crippen molar-refractivity contribution >= 4 is 23.5 Å². The summed E-state index contributed by atoms with van der Waals surface area (Å²) in [5, 5.41) is 4.09. The van der Waals surface area contributed by atoms with Crippen LogP contribution in [0, 0.1) is 6.57 Å². The van der Waals surface area contributed by atoms with E-state index in [2.05, 4.69) is 22.4 Å². The van der Waals surface area contributed by atoms with Crippen molar-refractivity contribution in [3.8, 4) is 0 Å². The molecule has 3 heteroatoms. The molecular weight excluding hydrogens is 162 g/mol. The zero-order chi connectivity index (χ0) is 6.97. The smallest absolute Gasteiger partial charge is 0.218 e. The van der Waals surface area contributed by atoms with Gasteiger partial charge in [-0.15, -0.1) is 23.5 Å². The first kappa shape index (κ1) is 6.38. The van der Waals surface area contributed by atoms with Crippen molar-refractivity contribution in [1.29, 1.82) is 0 Å². The number of thioether (sulfide) groups is 2. The Bertz CT molecular complexity index is 249. The molecule has 0 saturated carbocycles. The predicted octanol–water partition coefficient (Wildman–Crippen LogP) is 2.49. The number of nitrogens with zero attached hydrogens (tertiary/aromatic N) is 1. The standard InChI is InChI=1S/C7H5NS2/c1-8-7-4-6-5(10-7)2-3-9-6/h2-6H. The molecule has 50 valence electrons. The van der Waals surface area contributed by atoms with Crippen LogP contribution in [0.1, 0.15) is 0 Å². The van der Waals surface area contributed by atoms with E-state index in [0.29, 0.717) is 10.5 Å². The zero-order valence-electron chi connectivity index (χ0n) is 5.15. The second-order valence-electron chi connectivity index (χ2n) is 2.13. The first-order valence-electron chi connectivity index (χ1n) is 2.98. The first-order valence-corrected chi connectivity index (χ1v) is 4.80. The Morgan fingerprint density at radius 1 is 1.50 bits per heavy atom. The molecule has 0 fully saturated rings. The van der Waals surface area contributed by atoms with Gasteiger partial charge in [0, 0.05) is 10.5 Å². The predicted molar refractivity (Wildman–Crippen MR) is 46.6 cm³/mol. The summed E-state index contributed by atoms with van der Waals surface area (Å²) in [5.74, 6) is 0. The normalized spacial score (nSPS) is 35.3. The number of hydrogen-bond acceptors (Lipinski definition) is 2. The minimum absolute atomic E-state index is 0.550. The molecule has 10 heavy (non-hydrogen) atoms. The fourth-order valence-electron chi connectivity index (χ4n) is 1.02. The highest BCUT2D eigenvalue weighted by molar-refractivity contribution is 8.08. The molecule has 2 atom stereocenters. The van der Waals surface area contributed by atoms with E-state index in [9.17, 15) is 0 Å². The summed E-state index contributed by atoms with van der Waals surface area (Å²) in [6.45, 7) is 6.78. The van der Waals surface area contributed by atoms with Gasteiger partial charge in [0.05, 0.1) is 6.57 Å². The topological polar surface area (TPSA) is 4.36 Å². The summed E-state index contributed by atoms with van der Waals surface area (Å²) in [5.41, 5.74) is 0. The van der Waals surface area contributed by atoms with Gasteiger partial charge < -0.3 is 0 Å². The Hall–Kier alpha value is -0.330. The van der Waals surface area contributed by atoms with Gasteiger partial charge in [0.15, 0.2) is 0 Å². The van der Waals surface area contributed by atoms with E-state index >= 15 is 0 Å². The average Bonchev–Trinajstić information content (AvgIpc) is 2.42. The largest absolute Gasteiger partial charge is 0.231 e. The first-order chi connectivity index (χ1) is 4.90. The molecule has 2 heterocycles. The lowest BCUT2D eigenvalue weighted by Gasteiger charge is -2.03. The molecule has 0 aliphatic carbocycles. The Morgan fingerprint density at radius 2 is 2.40 bits per heavy atom. The third-order valence-electron chi connectivity index (χ3n) is 1.50. The highest BCUT2D eigenvalue weighted by Gasteiger charge is 2.29. The van der Waals surface area contributed by atoms with Crippen molar-refractivity contribution in [2.24, 2.45) is 0 Å². The second kappa shape index (κ2) is 2.37. The number of fused-ring (bicyclic) bond motifs is 1. The summed E-state index contributed by atoms with van der Waals surface area (Å²) in [6, 6.07) is 0. The molecule has 2 aliphatic rings. The maximum Gasteiger partial charge on any atom is 0.218 e. The highest BCUT2D eigenvalue weighted by Crippen LogP contribution is 2.44. The lowest BCUT2D eigenvalue weighted by atomic mass is 10.3. The van der Waals surface area contributed by atoms with Crippen LogP contribution >= 0.6 is 23.5 Å². The van der Waals surface area contributed by atoms with E-state index in [4.69, 9.17) is 6.57 Å². The van der Waals surface area contributed by atoms with E-state index in [1.807, 2.05) is 11.8 Å². The van der Waals surface area contributed by atoms with E-state index in [0.717, 1.165) is 5.03 Å². The Balaban J connectivity index is 2.19. The third kappa shape index (κ3) is 0.882. The van der Waals surface area contributed by atoms with Gasteiger partial charge in [-0.1, -0.05) is 12.2 Å².